The molecule has 5 nitrogen and oxygen atoms in total. The molecule has 2 rings (SSSR count). The quantitative estimate of drug-likeness (QED) is 0.783. The molecule has 1 aliphatic carbocycles. The smallest absolute Gasteiger partial charge is 0.329 e. The van der Waals surface area contributed by atoms with Gasteiger partial charge in [-0.15, -0.1) is 0 Å². The normalized spacial score (nSPS) is 17.1. The molecule has 1 saturated carbocycles. The van der Waals surface area contributed by atoms with E-state index in [4.69, 9.17) is 5.11 Å². The zero-order valence-corrected chi connectivity index (χ0v) is 9.80. The zero-order chi connectivity index (χ0) is 13.0. The summed E-state index contributed by atoms with van der Waals surface area (Å²) < 4.78 is 0. The Morgan fingerprint density at radius 1 is 1.44 bits per heavy atom. The summed E-state index contributed by atoms with van der Waals surface area (Å²) in [5, 5.41) is 11.6. The highest BCUT2D eigenvalue weighted by Crippen LogP contribution is 2.31. The summed E-state index contributed by atoms with van der Waals surface area (Å²) in [5.74, 6) is -1.35. The van der Waals surface area contributed by atoms with Crippen molar-refractivity contribution >= 4 is 18.0 Å². The van der Waals surface area contributed by atoms with Gasteiger partial charge in [-0.2, -0.15) is 0 Å². The molecule has 1 fully saturated rings. The van der Waals surface area contributed by atoms with E-state index in [-0.39, 0.29) is 5.91 Å². The number of hydrogen-bond donors (Lipinski definition) is 2. The van der Waals surface area contributed by atoms with Gasteiger partial charge in [-0.25, -0.2) is 4.79 Å². The van der Waals surface area contributed by atoms with Crippen molar-refractivity contribution in [3.63, 3.8) is 0 Å². The Morgan fingerprint density at radius 3 is 2.72 bits per heavy atom. The fourth-order valence-electron chi connectivity index (χ4n) is 1.85. The number of carboxylic acids is 1. The number of rotatable bonds is 4. The molecule has 1 aromatic rings. The van der Waals surface area contributed by atoms with Crippen molar-refractivity contribution in [1.29, 1.82) is 0 Å². The van der Waals surface area contributed by atoms with Crippen molar-refractivity contribution in [3.05, 3.63) is 36.2 Å². The van der Waals surface area contributed by atoms with Crippen molar-refractivity contribution in [2.45, 2.75) is 24.8 Å². The molecule has 0 aromatic carbocycles. The van der Waals surface area contributed by atoms with Gasteiger partial charge in [-0.1, -0.05) is 6.07 Å². The first kappa shape index (κ1) is 12.3. The summed E-state index contributed by atoms with van der Waals surface area (Å²) in [6.07, 6.45) is 8.03. The van der Waals surface area contributed by atoms with Gasteiger partial charge in [-0.05, 0) is 37.0 Å². The second kappa shape index (κ2) is 5.00. The van der Waals surface area contributed by atoms with Crippen LogP contribution in [0.5, 0.6) is 0 Å². The van der Waals surface area contributed by atoms with Crippen molar-refractivity contribution in [2.75, 3.05) is 0 Å². The highest BCUT2D eigenvalue weighted by atomic mass is 16.4. The van der Waals surface area contributed by atoms with E-state index in [1.54, 1.807) is 24.5 Å². The molecule has 1 amide bonds. The second-order valence-corrected chi connectivity index (χ2v) is 4.35. The van der Waals surface area contributed by atoms with Gasteiger partial charge in [-0.3, -0.25) is 9.78 Å². The third-order valence-electron chi connectivity index (χ3n) is 3.09. The van der Waals surface area contributed by atoms with Gasteiger partial charge in [0.05, 0.1) is 0 Å². The van der Waals surface area contributed by atoms with E-state index in [0.29, 0.717) is 12.8 Å². The first-order chi connectivity index (χ1) is 8.62. The van der Waals surface area contributed by atoms with E-state index in [1.807, 2.05) is 6.07 Å². The third kappa shape index (κ3) is 2.56. The number of nitrogens with zero attached hydrogens (tertiary/aromatic N) is 1. The summed E-state index contributed by atoms with van der Waals surface area (Å²) in [4.78, 5) is 26.6. The van der Waals surface area contributed by atoms with Gasteiger partial charge in [0.15, 0.2) is 0 Å². The van der Waals surface area contributed by atoms with Gasteiger partial charge >= 0.3 is 5.97 Å². The van der Waals surface area contributed by atoms with Crippen molar-refractivity contribution < 1.29 is 14.7 Å². The van der Waals surface area contributed by atoms with Gasteiger partial charge in [0, 0.05) is 18.5 Å². The van der Waals surface area contributed by atoms with Gasteiger partial charge in [0.2, 0.25) is 5.91 Å². The van der Waals surface area contributed by atoms with Crippen LogP contribution in [0.15, 0.2) is 30.6 Å². The Morgan fingerprint density at radius 2 is 2.22 bits per heavy atom. The number of nitrogens with one attached hydrogen (secondary N) is 1. The molecule has 0 aliphatic heterocycles. The number of aromatic nitrogens is 1. The van der Waals surface area contributed by atoms with Crippen LogP contribution in [0.4, 0.5) is 0 Å². The van der Waals surface area contributed by atoms with Crippen LogP contribution in [-0.2, 0) is 9.59 Å². The minimum Gasteiger partial charge on any atom is -0.480 e. The SMILES string of the molecule is O=C(/C=C/c1cccnc1)NC1(C(=O)O)CCC1. The zero-order valence-electron chi connectivity index (χ0n) is 9.80. The predicted molar refractivity (Wildman–Crippen MR) is 65.6 cm³/mol. The maximum absolute atomic E-state index is 11.6. The first-order valence-electron chi connectivity index (χ1n) is 5.76. The third-order valence-corrected chi connectivity index (χ3v) is 3.09. The summed E-state index contributed by atoms with van der Waals surface area (Å²) in [6.45, 7) is 0. The minimum atomic E-state index is -1.06. The lowest BCUT2D eigenvalue weighted by atomic mass is 9.77. The van der Waals surface area contributed by atoms with E-state index in [1.165, 1.54) is 6.08 Å². The maximum atomic E-state index is 11.6. The van der Waals surface area contributed by atoms with Crippen LogP contribution in [0, 0.1) is 0 Å². The number of aliphatic carboxylic acids is 1. The predicted octanol–water partition coefficient (Wildman–Crippen LogP) is 1.22. The van der Waals surface area contributed by atoms with E-state index in [9.17, 15) is 9.59 Å². The van der Waals surface area contributed by atoms with Crippen molar-refractivity contribution in [1.82, 2.24) is 10.3 Å². The molecule has 1 aliphatic rings. The van der Waals surface area contributed by atoms with Crippen LogP contribution in [0.25, 0.3) is 6.08 Å². The highest BCUT2D eigenvalue weighted by Gasteiger charge is 2.45. The molecular weight excluding hydrogens is 232 g/mol. The standard InChI is InChI=1S/C13H14N2O3/c16-11(5-4-10-3-1-8-14-9-10)15-13(12(17)18)6-2-7-13/h1,3-5,8-9H,2,6-7H2,(H,15,16)(H,17,18)/b5-4+. The Bertz CT molecular complexity index is 478. The van der Waals surface area contributed by atoms with Crippen LogP contribution in [0.3, 0.4) is 0 Å². The van der Waals surface area contributed by atoms with Crippen molar-refractivity contribution in [3.8, 4) is 0 Å². The molecule has 0 bridgehead atoms. The molecule has 18 heavy (non-hydrogen) atoms. The number of carbonyl (C=O) groups excluding carboxylic acids is 1. The molecule has 0 saturated heterocycles. The van der Waals surface area contributed by atoms with E-state index < -0.39 is 11.5 Å². The lowest BCUT2D eigenvalue weighted by Crippen LogP contribution is -2.58. The van der Waals surface area contributed by atoms with Crippen LogP contribution in [-0.4, -0.2) is 27.5 Å². The van der Waals surface area contributed by atoms with Crippen LogP contribution in [0.1, 0.15) is 24.8 Å². The minimum absolute atomic E-state index is 0.388. The second-order valence-electron chi connectivity index (χ2n) is 4.35. The summed E-state index contributed by atoms with van der Waals surface area (Å²) in [5.41, 5.74) is -0.262. The van der Waals surface area contributed by atoms with Crippen LogP contribution >= 0.6 is 0 Å². The van der Waals surface area contributed by atoms with E-state index in [0.717, 1.165) is 12.0 Å². The fraction of sp³-hybridized carbons (Fsp3) is 0.308. The molecule has 5 heteroatoms. The van der Waals surface area contributed by atoms with Gasteiger partial charge < -0.3 is 10.4 Å². The Labute approximate surface area is 105 Å². The van der Waals surface area contributed by atoms with E-state index in [2.05, 4.69) is 10.3 Å². The summed E-state index contributed by atoms with van der Waals surface area (Å²) in [7, 11) is 0. The van der Waals surface area contributed by atoms with Crippen molar-refractivity contribution in [2.24, 2.45) is 0 Å². The molecule has 2 N–H and O–H groups in total. The lowest BCUT2D eigenvalue weighted by molar-refractivity contribution is -0.151. The van der Waals surface area contributed by atoms with Gasteiger partial charge in [0.25, 0.3) is 0 Å². The molecule has 0 atom stereocenters. The maximum Gasteiger partial charge on any atom is 0.329 e. The summed E-state index contributed by atoms with van der Waals surface area (Å²) >= 11 is 0. The molecular formula is C13H14N2O3. The largest absolute Gasteiger partial charge is 0.480 e. The van der Waals surface area contributed by atoms with E-state index >= 15 is 0 Å². The average molecular weight is 246 g/mol. The Hall–Kier alpha value is -2.17. The molecule has 0 radical (unpaired) electrons. The topological polar surface area (TPSA) is 79.3 Å². The van der Waals surface area contributed by atoms with Crippen LogP contribution in [0.2, 0.25) is 0 Å². The first-order valence-corrected chi connectivity index (χ1v) is 5.76. The Balaban J connectivity index is 1.97. The molecule has 0 spiro atoms. The van der Waals surface area contributed by atoms with Crippen LogP contribution < -0.4 is 5.32 Å². The average Bonchev–Trinajstić information content (AvgIpc) is 2.32. The van der Waals surface area contributed by atoms with Gasteiger partial charge in [0.1, 0.15) is 5.54 Å². The fourth-order valence-corrected chi connectivity index (χ4v) is 1.85. The monoisotopic (exact) mass is 246 g/mol. The molecule has 1 heterocycles. The highest BCUT2D eigenvalue weighted by molar-refractivity contribution is 5.96. The Kier molecular flexibility index (Phi) is 3.41. The number of amides is 1. The number of pyridine rings is 1. The number of carboxylic acid groups (broad SMARTS) is 1. The molecule has 94 valence electrons. The summed E-state index contributed by atoms with van der Waals surface area (Å²) in [6, 6.07) is 3.58. The molecule has 0 unspecified atom stereocenters. The lowest BCUT2D eigenvalue weighted by Gasteiger charge is -2.37. The molecule has 1 aromatic heterocycles. The number of hydrogen-bond acceptors (Lipinski definition) is 3. The number of carbonyl (C=O) groups is 2.